The molecule has 1 unspecified atom stereocenters. The molecule has 0 heterocycles. The molecule has 0 aromatic heterocycles. The van der Waals surface area contributed by atoms with Gasteiger partial charge in [0.1, 0.15) is 5.82 Å². The Balaban J connectivity index is 2.46. The Morgan fingerprint density at radius 3 is 2.45 bits per heavy atom. The van der Waals surface area contributed by atoms with Crippen LogP contribution in [0.15, 0.2) is 42.5 Å². The molecule has 0 saturated heterocycles. The predicted molar refractivity (Wildman–Crippen MR) is 79.6 cm³/mol. The van der Waals surface area contributed by atoms with Crippen LogP contribution in [0, 0.1) is 19.7 Å². The Labute approximate surface area is 123 Å². The number of benzene rings is 2. The molecule has 0 amide bonds. The van der Waals surface area contributed by atoms with E-state index in [1.165, 1.54) is 6.07 Å². The maximum Gasteiger partial charge on any atom is 0.222 e. The molecular formula is C17H16ClFO. The second kappa shape index (κ2) is 6.19. The van der Waals surface area contributed by atoms with Gasteiger partial charge in [0.15, 0.2) is 0 Å². The third-order valence-corrected chi connectivity index (χ3v) is 3.55. The largest absolute Gasteiger partial charge is 0.281 e. The van der Waals surface area contributed by atoms with Crippen LogP contribution < -0.4 is 0 Å². The van der Waals surface area contributed by atoms with Gasteiger partial charge in [-0.1, -0.05) is 42.0 Å². The molecule has 2 rings (SSSR count). The third-order valence-electron chi connectivity index (χ3n) is 3.39. The number of hydrogen-bond donors (Lipinski definition) is 0. The number of rotatable bonds is 4. The Bertz CT molecular complexity index is 637. The van der Waals surface area contributed by atoms with Crippen molar-refractivity contribution >= 4 is 16.8 Å². The van der Waals surface area contributed by atoms with E-state index in [1.807, 2.05) is 31.2 Å². The van der Waals surface area contributed by atoms with E-state index in [9.17, 15) is 9.18 Å². The van der Waals surface area contributed by atoms with Crippen LogP contribution in [-0.4, -0.2) is 5.24 Å². The second-order valence-corrected chi connectivity index (χ2v) is 5.46. The Kier molecular flexibility index (Phi) is 4.56. The van der Waals surface area contributed by atoms with Gasteiger partial charge in [0.2, 0.25) is 5.24 Å². The highest BCUT2D eigenvalue weighted by Crippen LogP contribution is 2.30. The fourth-order valence-corrected chi connectivity index (χ4v) is 2.51. The summed E-state index contributed by atoms with van der Waals surface area (Å²) in [7, 11) is 0. The molecule has 0 aliphatic carbocycles. The van der Waals surface area contributed by atoms with Gasteiger partial charge in [-0.2, -0.15) is 0 Å². The van der Waals surface area contributed by atoms with Gasteiger partial charge in [-0.15, -0.1) is 0 Å². The third kappa shape index (κ3) is 3.45. The topological polar surface area (TPSA) is 17.1 Å². The second-order valence-electron chi connectivity index (χ2n) is 5.03. The van der Waals surface area contributed by atoms with Crippen molar-refractivity contribution in [1.29, 1.82) is 0 Å². The molecule has 3 heteroatoms. The normalized spacial score (nSPS) is 12.2. The summed E-state index contributed by atoms with van der Waals surface area (Å²) in [5.41, 5.74) is 3.61. The van der Waals surface area contributed by atoms with Gasteiger partial charge in [0.25, 0.3) is 0 Å². The molecule has 2 aromatic carbocycles. The van der Waals surface area contributed by atoms with Gasteiger partial charge in [0.05, 0.1) is 0 Å². The Hall–Kier alpha value is -1.67. The standard InChI is InChI=1S/C17H16ClFO/c1-11-4-3-5-13(8-11)15(10-17(18)20)14-6-7-16(19)12(2)9-14/h3-9,15H,10H2,1-2H3. The molecule has 0 bridgehead atoms. The van der Waals surface area contributed by atoms with Crippen LogP contribution in [0.3, 0.4) is 0 Å². The van der Waals surface area contributed by atoms with Crippen molar-refractivity contribution in [3.8, 4) is 0 Å². The summed E-state index contributed by atoms with van der Waals surface area (Å²) >= 11 is 5.57. The fraction of sp³-hybridized carbons (Fsp3) is 0.235. The van der Waals surface area contributed by atoms with Gasteiger partial charge in [0, 0.05) is 12.3 Å². The lowest BCUT2D eigenvalue weighted by molar-refractivity contribution is -0.111. The lowest BCUT2D eigenvalue weighted by atomic mass is 9.87. The summed E-state index contributed by atoms with van der Waals surface area (Å²) in [6.45, 7) is 3.72. The number of hydrogen-bond acceptors (Lipinski definition) is 1. The van der Waals surface area contributed by atoms with Crippen LogP contribution in [0.1, 0.15) is 34.6 Å². The van der Waals surface area contributed by atoms with Crippen molar-refractivity contribution < 1.29 is 9.18 Å². The Morgan fingerprint density at radius 1 is 1.15 bits per heavy atom. The van der Waals surface area contributed by atoms with Crippen LogP contribution in [-0.2, 0) is 4.79 Å². The van der Waals surface area contributed by atoms with Crippen LogP contribution in [0.2, 0.25) is 0 Å². The van der Waals surface area contributed by atoms with Gasteiger partial charge in [-0.05, 0) is 48.2 Å². The average Bonchev–Trinajstić information content (AvgIpc) is 2.39. The molecule has 0 aliphatic heterocycles. The SMILES string of the molecule is Cc1cccc(C(CC(=O)Cl)c2ccc(F)c(C)c2)c1. The maximum atomic E-state index is 13.4. The molecule has 104 valence electrons. The van der Waals surface area contributed by atoms with E-state index in [0.29, 0.717) is 5.56 Å². The number of carbonyl (C=O) groups is 1. The highest BCUT2D eigenvalue weighted by Gasteiger charge is 2.18. The molecule has 1 nitrogen and oxygen atoms in total. The average molecular weight is 291 g/mol. The zero-order valence-corrected chi connectivity index (χ0v) is 12.2. The summed E-state index contributed by atoms with van der Waals surface area (Å²) in [6.07, 6.45) is 0.204. The maximum absolute atomic E-state index is 13.4. The van der Waals surface area contributed by atoms with Crippen molar-refractivity contribution in [2.45, 2.75) is 26.2 Å². The quantitative estimate of drug-likeness (QED) is 0.744. The van der Waals surface area contributed by atoms with E-state index in [1.54, 1.807) is 19.1 Å². The van der Waals surface area contributed by atoms with Gasteiger partial charge in [-0.25, -0.2) is 4.39 Å². The first-order valence-electron chi connectivity index (χ1n) is 6.48. The van der Waals surface area contributed by atoms with E-state index >= 15 is 0 Å². The number of aryl methyl sites for hydroxylation is 2. The van der Waals surface area contributed by atoms with Crippen LogP contribution >= 0.6 is 11.6 Å². The first-order chi connectivity index (χ1) is 9.47. The minimum absolute atomic E-state index is 0.140. The minimum Gasteiger partial charge on any atom is -0.281 e. The molecule has 0 fully saturated rings. The van der Waals surface area contributed by atoms with E-state index in [0.717, 1.165) is 16.7 Å². The van der Waals surface area contributed by atoms with E-state index in [2.05, 4.69) is 0 Å². The van der Waals surface area contributed by atoms with Crippen molar-refractivity contribution in [2.24, 2.45) is 0 Å². The van der Waals surface area contributed by atoms with Crippen molar-refractivity contribution in [2.75, 3.05) is 0 Å². The molecule has 0 spiro atoms. The summed E-state index contributed by atoms with van der Waals surface area (Å²) < 4.78 is 13.4. The van der Waals surface area contributed by atoms with E-state index in [4.69, 9.17) is 11.6 Å². The first-order valence-corrected chi connectivity index (χ1v) is 6.86. The molecule has 1 atom stereocenters. The zero-order valence-electron chi connectivity index (χ0n) is 11.5. The monoisotopic (exact) mass is 290 g/mol. The van der Waals surface area contributed by atoms with Crippen molar-refractivity contribution in [3.63, 3.8) is 0 Å². The van der Waals surface area contributed by atoms with Crippen LogP contribution in [0.5, 0.6) is 0 Å². The molecule has 0 aliphatic rings. The van der Waals surface area contributed by atoms with Crippen LogP contribution in [0.4, 0.5) is 4.39 Å². The van der Waals surface area contributed by atoms with E-state index < -0.39 is 5.24 Å². The lowest BCUT2D eigenvalue weighted by Crippen LogP contribution is -2.06. The molecule has 0 saturated carbocycles. The highest BCUT2D eigenvalue weighted by atomic mass is 35.5. The van der Waals surface area contributed by atoms with E-state index in [-0.39, 0.29) is 18.2 Å². The fourth-order valence-electron chi connectivity index (χ4n) is 2.36. The molecule has 2 aromatic rings. The summed E-state index contributed by atoms with van der Waals surface area (Å²) in [6, 6.07) is 12.9. The molecule has 20 heavy (non-hydrogen) atoms. The van der Waals surface area contributed by atoms with Gasteiger partial charge in [-0.3, -0.25) is 4.79 Å². The van der Waals surface area contributed by atoms with Gasteiger partial charge >= 0.3 is 0 Å². The first kappa shape index (κ1) is 14.7. The molecule has 0 radical (unpaired) electrons. The summed E-state index contributed by atoms with van der Waals surface area (Å²) in [5, 5.41) is -0.390. The molecule has 0 N–H and O–H groups in total. The number of carbonyl (C=O) groups excluding carboxylic acids is 1. The highest BCUT2D eigenvalue weighted by molar-refractivity contribution is 6.63. The predicted octanol–water partition coefficient (Wildman–Crippen LogP) is 4.73. The number of halogens is 2. The smallest absolute Gasteiger partial charge is 0.222 e. The zero-order chi connectivity index (χ0) is 14.7. The van der Waals surface area contributed by atoms with Crippen LogP contribution in [0.25, 0.3) is 0 Å². The van der Waals surface area contributed by atoms with Crippen molar-refractivity contribution in [1.82, 2.24) is 0 Å². The minimum atomic E-state index is -0.390. The molecular weight excluding hydrogens is 275 g/mol. The van der Waals surface area contributed by atoms with Gasteiger partial charge < -0.3 is 0 Å². The Morgan fingerprint density at radius 2 is 1.85 bits per heavy atom. The lowest BCUT2D eigenvalue weighted by Gasteiger charge is -2.17. The summed E-state index contributed by atoms with van der Waals surface area (Å²) in [4.78, 5) is 11.3. The summed E-state index contributed by atoms with van der Waals surface area (Å²) in [5.74, 6) is -0.381. The van der Waals surface area contributed by atoms with Crippen molar-refractivity contribution in [3.05, 3.63) is 70.5 Å².